The third-order valence-electron chi connectivity index (χ3n) is 2.02. The largest absolute Gasteiger partial charge is 0.471 e. The van der Waals surface area contributed by atoms with E-state index in [2.05, 4.69) is 0 Å². The summed E-state index contributed by atoms with van der Waals surface area (Å²) < 4.78 is 71.5. The second kappa shape index (κ2) is 5.44. The molecule has 7 nitrogen and oxygen atoms in total. The zero-order chi connectivity index (χ0) is 16.6. The number of nitro benzene ring substituents is 1. The molecule has 0 saturated carbocycles. The van der Waals surface area contributed by atoms with Crippen molar-refractivity contribution in [3.05, 3.63) is 28.1 Å². The Morgan fingerprint density at radius 1 is 1.33 bits per heavy atom. The highest BCUT2D eigenvalue weighted by atomic mass is 35.7. The predicted molar refractivity (Wildman–Crippen MR) is 60.8 cm³/mol. The summed E-state index contributed by atoms with van der Waals surface area (Å²) in [6.45, 7) is 0. The van der Waals surface area contributed by atoms with Crippen molar-refractivity contribution in [2.45, 2.75) is 11.1 Å². The van der Waals surface area contributed by atoms with Gasteiger partial charge in [-0.25, -0.2) is 12.8 Å². The van der Waals surface area contributed by atoms with Gasteiger partial charge in [0.15, 0.2) is 0 Å². The van der Waals surface area contributed by atoms with Gasteiger partial charge in [-0.3, -0.25) is 14.9 Å². The first-order valence-corrected chi connectivity index (χ1v) is 6.95. The van der Waals surface area contributed by atoms with Crippen molar-refractivity contribution >= 4 is 37.0 Å². The summed E-state index contributed by atoms with van der Waals surface area (Å²) in [4.78, 5) is 18.7. The van der Waals surface area contributed by atoms with Gasteiger partial charge >= 0.3 is 12.1 Å². The number of anilines is 1. The summed E-state index contributed by atoms with van der Waals surface area (Å²) in [5.41, 5.74) is -2.43. The molecule has 0 aromatic heterocycles. The van der Waals surface area contributed by atoms with Crippen molar-refractivity contribution in [3.63, 3.8) is 0 Å². The predicted octanol–water partition coefficient (Wildman–Crippen LogP) is 2.16. The molecule has 0 aliphatic rings. The summed E-state index contributed by atoms with van der Waals surface area (Å²) in [5.74, 6) is -4.25. The van der Waals surface area contributed by atoms with Gasteiger partial charge < -0.3 is 5.32 Å². The topological polar surface area (TPSA) is 106 Å². The lowest BCUT2D eigenvalue weighted by molar-refractivity contribution is -0.384. The fraction of sp³-hybridized carbons (Fsp3) is 0.125. The molecule has 0 heterocycles. The Balaban J connectivity index is 3.44. The molecule has 0 bridgehead atoms. The van der Waals surface area contributed by atoms with Crippen molar-refractivity contribution in [2.24, 2.45) is 0 Å². The average Bonchev–Trinajstić information content (AvgIpc) is 2.25. The van der Waals surface area contributed by atoms with Gasteiger partial charge in [0.2, 0.25) is 0 Å². The maximum atomic E-state index is 13.4. The van der Waals surface area contributed by atoms with Crippen molar-refractivity contribution in [1.82, 2.24) is 0 Å². The fourth-order valence-corrected chi connectivity index (χ4v) is 2.07. The summed E-state index contributed by atoms with van der Waals surface area (Å²) >= 11 is 0. The van der Waals surface area contributed by atoms with E-state index in [1.165, 1.54) is 0 Å². The van der Waals surface area contributed by atoms with Gasteiger partial charge in [-0.2, -0.15) is 13.2 Å². The number of alkyl halides is 3. The van der Waals surface area contributed by atoms with Gasteiger partial charge in [0.25, 0.3) is 14.7 Å². The molecule has 0 fully saturated rings. The number of amides is 1. The van der Waals surface area contributed by atoms with E-state index in [-0.39, 0.29) is 12.1 Å². The van der Waals surface area contributed by atoms with E-state index >= 15 is 0 Å². The summed E-state index contributed by atoms with van der Waals surface area (Å²) in [6, 6.07) is 0.153. The Bertz CT molecular complexity index is 718. The third kappa shape index (κ3) is 4.01. The molecule has 116 valence electrons. The van der Waals surface area contributed by atoms with Crippen LogP contribution in [-0.2, 0) is 13.8 Å². The molecule has 1 aromatic carbocycles. The molecule has 0 atom stereocenters. The van der Waals surface area contributed by atoms with Crippen molar-refractivity contribution in [2.75, 3.05) is 5.32 Å². The monoisotopic (exact) mass is 350 g/mol. The number of nitrogens with zero attached hydrogens (tertiary/aromatic N) is 1. The number of nitrogens with one attached hydrogen (secondary N) is 1. The molecule has 1 rings (SSSR count). The van der Waals surface area contributed by atoms with E-state index in [0.717, 1.165) is 5.32 Å². The van der Waals surface area contributed by atoms with Crippen LogP contribution in [0.5, 0.6) is 0 Å². The molecule has 13 heteroatoms. The first-order valence-electron chi connectivity index (χ1n) is 4.65. The van der Waals surface area contributed by atoms with E-state index in [1.54, 1.807) is 0 Å². The van der Waals surface area contributed by atoms with Crippen LogP contribution in [0.4, 0.5) is 28.9 Å². The molecule has 0 aliphatic heterocycles. The smallest absolute Gasteiger partial charge is 0.312 e. The van der Waals surface area contributed by atoms with Gasteiger partial charge in [0.05, 0.1) is 4.92 Å². The number of carbonyl (C=O) groups is 1. The highest BCUT2D eigenvalue weighted by molar-refractivity contribution is 8.13. The maximum absolute atomic E-state index is 13.4. The second-order valence-corrected chi connectivity index (χ2v) is 5.98. The lowest BCUT2D eigenvalue weighted by Gasteiger charge is -2.09. The standard InChI is InChI=1S/C8H3ClF4N2O5S/c9-21(19,20)6-2-5(15(17)18)4(1-3(6)10)14-7(16)8(11,12)13/h1-2H,(H,14,16). The minimum Gasteiger partial charge on any atom is -0.312 e. The SMILES string of the molecule is O=C(Nc1cc(F)c(S(=O)(=O)Cl)cc1[N+](=O)[O-])C(F)(F)F. The van der Waals surface area contributed by atoms with Crippen LogP contribution in [0.1, 0.15) is 0 Å². The lowest BCUT2D eigenvalue weighted by atomic mass is 10.2. The third-order valence-corrected chi connectivity index (χ3v) is 3.35. The minimum absolute atomic E-state index is 0.0526. The van der Waals surface area contributed by atoms with Crippen LogP contribution < -0.4 is 5.32 Å². The number of halogens is 5. The highest BCUT2D eigenvalue weighted by Gasteiger charge is 2.40. The van der Waals surface area contributed by atoms with E-state index in [9.17, 15) is 40.9 Å². The first kappa shape index (κ1) is 17.1. The Hall–Kier alpha value is -1.95. The zero-order valence-electron chi connectivity index (χ0n) is 9.44. The zero-order valence-corrected chi connectivity index (χ0v) is 11.0. The van der Waals surface area contributed by atoms with E-state index in [1.807, 2.05) is 0 Å². The lowest BCUT2D eigenvalue weighted by Crippen LogP contribution is -2.30. The van der Waals surface area contributed by atoms with Crippen LogP contribution in [0.3, 0.4) is 0 Å². The van der Waals surface area contributed by atoms with Crippen LogP contribution in [0.2, 0.25) is 0 Å². The minimum atomic E-state index is -5.37. The number of hydrogen-bond donors (Lipinski definition) is 1. The van der Waals surface area contributed by atoms with E-state index in [4.69, 9.17) is 10.7 Å². The number of rotatable bonds is 3. The molecule has 1 aromatic rings. The summed E-state index contributed by atoms with van der Waals surface area (Å²) in [5, 5.41) is 11.7. The van der Waals surface area contributed by atoms with E-state index < -0.39 is 48.1 Å². The summed E-state index contributed by atoms with van der Waals surface area (Å²) in [6.07, 6.45) is -5.37. The molecule has 21 heavy (non-hydrogen) atoms. The second-order valence-electron chi connectivity index (χ2n) is 3.45. The van der Waals surface area contributed by atoms with Gasteiger partial charge in [0, 0.05) is 22.8 Å². The van der Waals surface area contributed by atoms with Crippen LogP contribution in [0.25, 0.3) is 0 Å². The molecule has 0 saturated heterocycles. The Kier molecular flexibility index (Phi) is 4.43. The van der Waals surface area contributed by atoms with Crippen LogP contribution in [0, 0.1) is 15.9 Å². The number of hydrogen-bond acceptors (Lipinski definition) is 5. The summed E-state index contributed by atoms with van der Waals surface area (Å²) in [7, 11) is 0.108. The molecule has 0 aliphatic carbocycles. The Morgan fingerprint density at radius 3 is 2.24 bits per heavy atom. The number of benzene rings is 1. The molecule has 1 amide bonds. The highest BCUT2D eigenvalue weighted by Crippen LogP contribution is 2.32. The molecular formula is C8H3ClF4N2O5S. The van der Waals surface area contributed by atoms with Gasteiger partial charge in [-0.15, -0.1) is 0 Å². The van der Waals surface area contributed by atoms with Crippen molar-refractivity contribution in [1.29, 1.82) is 0 Å². The van der Waals surface area contributed by atoms with Crippen LogP contribution in [-0.4, -0.2) is 25.4 Å². The number of carbonyl (C=O) groups excluding carboxylic acids is 1. The first-order chi connectivity index (χ1) is 9.34. The van der Waals surface area contributed by atoms with Gasteiger partial charge in [-0.05, 0) is 0 Å². The Labute approximate surface area is 118 Å². The Morgan fingerprint density at radius 2 is 1.86 bits per heavy atom. The number of nitro groups is 1. The molecule has 1 N–H and O–H groups in total. The van der Waals surface area contributed by atoms with E-state index in [0.29, 0.717) is 0 Å². The van der Waals surface area contributed by atoms with Crippen molar-refractivity contribution < 1.29 is 35.7 Å². The van der Waals surface area contributed by atoms with Crippen LogP contribution >= 0.6 is 10.7 Å². The van der Waals surface area contributed by atoms with Gasteiger partial charge in [0.1, 0.15) is 16.4 Å². The quantitative estimate of drug-likeness (QED) is 0.389. The molecule has 0 unspecified atom stereocenters. The molecule has 0 radical (unpaired) electrons. The molecular weight excluding hydrogens is 348 g/mol. The van der Waals surface area contributed by atoms with Gasteiger partial charge in [-0.1, -0.05) is 0 Å². The van der Waals surface area contributed by atoms with Crippen molar-refractivity contribution in [3.8, 4) is 0 Å². The normalized spacial score (nSPS) is 12.0. The average molecular weight is 351 g/mol. The van der Waals surface area contributed by atoms with Crippen LogP contribution in [0.15, 0.2) is 17.0 Å². The fourth-order valence-electron chi connectivity index (χ4n) is 1.17. The molecule has 0 spiro atoms. The maximum Gasteiger partial charge on any atom is 0.471 e.